The highest BCUT2D eigenvalue weighted by atomic mass is 16.5. The van der Waals surface area contributed by atoms with Crippen LogP contribution in [0.15, 0.2) is 36.4 Å². The monoisotopic (exact) mass is 368 g/mol. The third-order valence-electron chi connectivity index (χ3n) is 4.47. The number of nitrogens with zero attached hydrogens (tertiary/aromatic N) is 1. The summed E-state index contributed by atoms with van der Waals surface area (Å²) in [6.45, 7) is 7.99. The summed E-state index contributed by atoms with van der Waals surface area (Å²) in [5, 5.41) is 2.81. The molecule has 1 atom stereocenters. The summed E-state index contributed by atoms with van der Waals surface area (Å²) in [5.74, 6) is 0.969. The fraction of sp³-hybridized carbons (Fsp3) is 0.333. The first-order valence-corrected chi connectivity index (χ1v) is 9.01. The molecule has 6 heteroatoms. The van der Waals surface area contributed by atoms with Gasteiger partial charge in [0.1, 0.15) is 11.5 Å². The Bertz CT molecular complexity index is 878. The first-order valence-electron chi connectivity index (χ1n) is 9.01. The topological polar surface area (TPSA) is 67.9 Å². The molecule has 3 rings (SSSR count). The Balaban J connectivity index is 1.69. The number of aryl methyl sites for hydroxylation is 2. The van der Waals surface area contributed by atoms with E-state index in [1.165, 1.54) is 0 Å². The van der Waals surface area contributed by atoms with E-state index < -0.39 is 6.10 Å². The van der Waals surface area contributed by atoms with E-state index in [9.17, 15) is 9.59 Å². The molecule has 1 aliphatic rings. The molecule has 2 aromatic carbocycles. The lowest BCUT2D eigenvalue weighted by atomic mass is 10.1. The van der Waals surface area contributed by atoms with Crippen LogP contribution in [0.1, 0.15) is 25.0 Å². The number of likely N-dealkylation sites (N-methyl/N-ethyl adjacent to an activating group) is 1. The number of fused-ring (bicyclic) bond motifs is 1. The maximum absolute atomic E-state index is 12.3. The molecule has 1 N–H and O–H groups in total. The van der Waals surface area contributed by atoms with E-state index in [2.05, 4.69) is 5.32 Å². The van der Waals surface area contributed by atoms with Crippen LogP contribution in [0.3, 0.4) is 0 Å². The number of nitrogens with one attached hydrogen (secondary N) is 1. The number of hydrogen-bond acceptors (Lipinski definition) is 4. The summed E-state index contributed by atoms with van der Waals surface area (Å²) in [4.78, 5) is 26.2. The van der Waals surface area contributed by atoms with Crippen LogP contribution in [0.5, 0.6) is 11.5 Å². The second-order valence-corrected chi connectivity index (χ2v) is 6.63. The van der Waals surface area contributed by atoms with Crippen molar-refractivity contribution in [3.8, 4) is 11.5 Å². The smallest absolute Gasteiger partial charge is 0.267 e. The first kappa shape index (κ1) is 18.8. The number of carbonyl (C=O) groups excluding carboxylic acids is 2. The molecule has 0 radical (unpaired) electrons. The fourth-order valence-corrected chi connectivity index (χ4v) is 3.01. The predicted octanol–water partition coefficient (Wildman–Crippen LogP) is 3.45. The molecule has 2 aromatic rings. The zero-order valence-electron chi connectivity index (χ0n) is 16.0. The molecule has 27 heavy (non-hydrogen) atoms. The lowest BCUT2D eigenvalue weighted by molar-refractivity contribution is -0.125. The van der Waals surface area contributed by atoms with Crippen LogP contribution in [-0.2, 0) is 9.59 Å². The Labute approximate surface area is 159 Å². The molecule has 1 heterocycles. The number of anilines is 2. The molecule has 1 aliphatic heterocycles. The maximum Gasteiger partial charge on any atom is 0.267 e. The lowest BCUT2D eigenvalue weighted by Gasteiger charge is -2.32. The maximum atomic E-state index is 12.3. The van der Waals surface area contributed by atoms with E-state index in [1.54, 1.807) is 30.0 Å². The number of ether oxygens (including phenoxy) is 2. The minimum Gasteiger partial charge on any atom is -0.483 e. The molecule has 6 nitrogen and oxygen atoms in total. The van der Waals surface area contributed by atoms with Crippen molar-refractivity contribution in [2.45, 2.75) is 33.8 Å². The molecule has 142 valence electrons. The van der Waals surface area contributed by atoms with Gasteiger partial charge in [-0.15, -0.1) is 0 Å². The van der Waals surface area contributed by atoms with Gasteiger partial charge in [0.05, 0.1) is 5.69 Å². The van der Waals surface area contributed by atoms with Crippen LogP contribution in [0.25, 0.3) is 0 Å². The molecular weight excluding hydrogens is 344 g/mol. The van der Waals surface area contributed by atoms with Crippen LogP contribution in [0.4, 0.5) is 11.4 Å². The Morgan fingerprint density at radius 2 is 2.00 bits per heavy atom. The van der Waals surface area contributed by atoms with Gasteiger partial charge in [0, 0.05) is 12.2 Å². The van der Waals surface area contributed by atoms with Gasteiger partial charge in [-0.25, -0.2) is 0 Å². The van der Waals surface area contributed by atoms with Crippen LogP contribution in [-0.4, -0.2) is 31.1 Å². The van der Waals surface area contributed by atoms with Gasteiger partial charge >= 0.3 is 0 Å². The van der Waals surface area contributed by atoms with Gasteiger partial charge in [0.2, 0.25) is 0 Å². The number of carbonyl (C=O) groups is 2. The van der Waals surface area contributed by atoms with Gasteiger partial charge in [0.15, 0.2) is 12.7 Å². The highest BCUT2D eigenvalue weighted by Crippen LogP contribution is 2.36. The van der Waals surface area contributed by atoms with Gasteiger partial charge in [-0.3, -0.25) is 9.59 Å². The highest BCUT2D eigenvalue weighted by molar-refractivity contribution is 6.01. The summed E-state index contributed by atoms with van der Waals surface area (Å²) < 4.78 is 11.3. The SMILES string of the molecule is CCN1C(=O)C(C)Oc2ccc(NC(=O)COc3cc(C)ccc3C)cc21. The Morgan fingerprint density at radius 3 is 2.74 bits per heavy atom. The van der Waals surface area contributed by atoms with Crippen LogP contribution in [0, 0.1) is 13.8 Å². The molecular formula is C21H24N2O4. The van der Waals surface area contributed by atoms with E-state index in [-0.39, 0.29) is 18.4 Å². The van der Waals surface area contributed by atoms with E-state index in [4.69, 9.17) is 9.47 Å². The van der Waals surface area contributed by atoms with Gasteiger partial charge in [0.25, 0.3) is 11.8 Å². The summed E-state index contributed by atoms with van der Waals surface area (Å²) in [6, 6.07) is 11.1. The molecule has 0 aliphatic carbocycles. The first-order chi connectivity index (χ1) is 12.9. The van der Waals surface area contributed by atoms with Crippen LogP contribution in [0.2, 0.25) is 0 Å². The van der Waals surface area contributed by atoms with Crippen molar-refractivity contribution in [1.29, 1.82) is 0 Å². The number of benzene rings is 2. The Morgan fingerprint density at radius 1 is 1.22 bits per heavy atom. The normalized spacial score (nSPS) is 15.8. The molecule has 0 saturated carbocycles. The van der Waals surface area contributed by atoms with Gasteiger partial charge < -0.3 is 19.7 Å². The second-order valence-electron chi connectivity index (χ2n) is 6.63. The van der Waals surface area contributed by atoms with Gasteiger partial charge in [-0.2, -0.15) is 0 Å². The third kappa shape index (κ3) is 4.05. The average molecular weight is 368 g/mol. The lowest BCUT2D eigenvalue weighted by Crippen LogP contribution is -2.44. The summed E-state index contributed by atoms with van der Waals surface area (Å²) in [5.41, 5.74) is 3.30. The minimum absolute atomic E-state index is 0.0910. The molecule has 0 fully saturated rings. The quantitative estimate of drug-likeness (QED) is 0.878. The van der Waals surface area contributed by atoms with E-state index in [0.717, 1.165) is 11.1 Å². The number of rotatable bonds is 5. The standard InChI is InChI=1S/C21H24N2O4/c1-5-23-17-11-16(8-9-18(17)27-15(4)21(23)25)22-20(24)12-26-19-10-13(2)6-7-14(19)3/h6-11,15H,5,12H2,1-4H3,(H,22,24). The molecule has 1 unspecified atom stereocenters. The largest absolute Gasteiger partial charge is 0.483 e. The van der Waals surface area contributed by atoms with Crippen molar-refractivity contribution in [1.82, 2.24) is 0 Å². The highest BCUT2D eigenvalue weighted by Gasteiger charge is 2.30. The Hall–Kier alpha value is -3.02. The Kier molecular flexibility index (Phi) is 5.35. The summed E-state index contributed by atoms with van der Waals surface area (Å²) in [7, 11) is 0. The van der Waals surface area contributed by atoms with Crippen molar-refractivity contribution < 1.29 is 19.1 Å². The zero-order chi connectivity index (χ0) is 19.6. The second kappa shape index (κ2) is 7.70. The summed E-state index contributed by atoms with van der Waals surface area (Å²) >= 11 is 0. The van der Waals surface area contributed by atoms with Gasteiger partial charge in [-0.1, -0.05) is 12.1 Å². The number of amides is 2. The van der Waals surface area contributed by atoms with Gasteiger partial charge in [-0.05, 0) is 63.1 Å². The average Bonchev–Trinajstić information content (AvgIpc) is 2.64. The van der Waals surface area contributed by atoms with Crippen molar-refractivity contribution in [2.75, 3.05) is 23.4 Å². The summed E-state index contributed by atoms with van der Waals surface area (Å²) in [6.07, 6.45) is -0.510. The van der Waals surface area contributed by atoms with Crippen LogP contribution >= 0.6 is 0 Å². The molecule has 0 bridgehead atoms. The molecule has 0 aromatic heterocycles. The van der Waals surface area contributed by atoms with Crippen molar-refractivity contribution >= 4 is 23.2 Å². The molecule has 0 saturated heterocycles. The fourth-order valence-electron chi connectivity index (χ4n) is 3.01. The minimum atomic E-state index is -0.510. The van der Waals surface area contributed by atoms with E-state index >= 15 is 0 Å². The molecule has 0 spiro atoms. The number of hydrogen-bond donors (Lipinski definition) is 1. The predicted molar refractivity (Wildman–Crippen MR) is 105 cm³/mol. The molecule has 2 amide bonds. The van der Waals surface area contributed by atoms with E-state index in [1.807, 2.05) is 39.0 Å². The van der Waals surface area contributed by atoms with E-state index in [0.29, 0.717) is 29.4 Å². The van der Waals surface area contributed by atoms with Crippen molar-refractivity contribution in [3.05, 3.63) is 47.5 Å². The van der Waals surface area contributed by atoms with Crippen molar-refractivity contribution in [3.63, 3.8) is 0 Å². The third-order valence-corrected chi connectivity index (χ3v) is 4.47. The zero-order valence-corrected chi connectivity index (χ0v) is 16.0. The van der Waals surface area contributed by atoms with Crippen molar-refractivity contribution in [2.24, 2.45) is 0 Å². The van der Waals surface area contributed by atoms with Crippen LogP contribution < -0.4 is 19.7 Å².